The summed E-state index contributed by atoms with van der Waals surface area (Å²) in [5.41, 5.74) is 0.0684. The Labute approximate surface area is 118 Å². The molecule has 1 fully saturated rings. The molecule has 0 spiro atoms. The van der Waals surface area contributed by atoms with Crippen molar-refractivity contribution in [3.05, 3.63) is 29.6 Å². The van der Waals surface area contributed by atoms with E-state index in [9.17, 15) is 12.8 Å². The van der Waals surface area contributed by atoms with Gasteiger partial charge in [0.2, 0.25) is 10.0 Å². The van der Waals surface area contributed by atoms with Gasteiger partial charge in [0.15, 0.2) is 0 Å². The number of sulfonamides is 1. The van der Waals surface area contributed by atoms with Crippen LogP contribution in [0.3, 0.4) is 0 Å². The molecule has 0 atom stereocenters. The molecule has 2 N–H and O–H groups in total. The van der Waals surface area contributed by atoms with Crippen molar-refractivity contribution in [2.24, 2.45) is 0 Å². The number of hydrogen-bond donors (Lipinski definition) is 2. The molecule has 108 valence electrons. The predicted molar refractivity (Wildman–Crippen MR) is 72.9 cm³/mol. The van der Waals surface area contributed by atoms with Crippen LogP contribution >= 0.6 is 0 Å². The number of halogens is 1. The molecule has 2 rings (SSSR count). The predicted octanol–water partition coefficient (Wildman–Crippen LogP) is 1.39. The second kappa shape index (κ2) is 6.35. The summed E-state index contributed by atoms with van der Waals surface area (Å²) in [6.45, 7) is -0.372. The van der Waals surface area contributed by atoms with Gasteiger partial charge in [-0.25, -0.2) is 17.5 Å². The van der Waals surface area contributed by atoms with E-state index in [1.54, 1.807) is 0 Å². The molecule has 0 radical (unpaired) electrons. The third-order valence-electron chi connectivity index (χ3n) is 3.23. The van der Waals surface area contributed by atoms with Crippen molar-refractivity contribution in [3.8, 4) is 11.8 Å². The van der Waals surface area contributed by atoms with Gasteiger partial charge in [-0.2, -0.15) is 0 Å². The zero-order chi connectivity index (χ0) is 14.6. The lowest BCUT2D eigenvalue weighted by Gasteiger charge is -2.12. The van der Waals surface area contributed by atoms with E-state index in [2.05, 4.69) is 16.6 Å². The Hall–Kier alpha value is -1.42. The maximum Gasteiger partial charge on any atom is 0.240 e. The van der Waals surface area contributed by atoms with Crippen molar-refractivity contribution in [2.45, 2.75) is 36.6 Å². The number of nitrogens with one attached hydrogen (secondary N) is 1. The van der Waals surface area contributed by atoms with Crippen LogP contribution in [0, 0.1) is 17.7 Å². The molecule has 6 heteroatoms. The molecule has 4 nitrogen and oxygen atoms in total. The van der Waals surface area contributed by atoms with Crippen LogP contribution in [0.25, 0.3) is 0 Å². The summed E-state index contributed by atoms with van der Waals surface area (Å²) in [7, 11) is -3.69. The van der Waals surface area contributed by atoms with E-state index in [0.29, 0.717) is 0 Å². The number of aliphatic hydroxyl groups is 1. The fourth-order valence-electron chi connectivity index (χ4n) is 2.23. The first-order chi connectivity index (χ1) is 9.53. The maximum atomic E-state index is 13.7. The molecular weight excluding hydrogens is 281 g/mol. The van der Waals surface area contributed by atoms with Crippen molar-refractivity contribution in [2.75, 3.05) is 6.61 Å². The minimum atomic E-state index is -3.69. The van der Waals surface area contributed by atoms with Crippen LogP contribution in [0.2, 0.25) is 0 Å². The lowest BCUT2D eigenvalue weighted by Crippen LogP contribution is -2.32. The molecular formula is C14H16FNO3S. The summed E-state index contributed by atoms with van der Waals surface area (Å²) in [6.07, 6.45) is 3.66. The highest BCUT2D eigenvalue weighted by Gasteiger charge is 2.23. The first-order valence-corrected chi connectivity index (χ1v) is 7.93. The lowest BCUT2D eigenvalue weighted by molar-refractivity contribution is 0.350. The quantitative estimate of drug-likeness (QED) is 0.829. The maximum absolute atomic E-state index is 13.7. The highest BCUT2D eigenvalue weighted by Crippen LogP contribution is 2.21. The molecule has 1 aromatic rings. The van der Waals surface area contributed by atoms with Crippen molar-refractivity contribution in [3.63, 3.8) is 0 Å². The van der Waals surface area contributed by atoms with Crippen LogP contribution in [-0.4, -0.2) is 26.2 Å². The fraction of sp³-hybridized carbons (Fsp3) is 0.429. The van der Waals surface area contributed by atoms with Gasteiger partial charge < -0.3 is 5.11 Å². The van der Waals surface area contributed by atoms with Gasteiger partial charge in [0.25, 0.3) is 0 Å². The van der Waals surface area contributed by atoms with E-state index in [1.165, 1.54) is 12.1 Å². The van der Waals surface area contributed by atoms with Gasteiger partial charge in [-0.1, -0.05) is 24.7 Å². The Bertz CT molecular complexity index is 640. The van der Waals surface area contributed by atoms with Crippen LogP contribution in [-0.2, 0) is 10.0 Å². The van der Waals surface area contributed by atoms with Crippen LogP contribution < -0.4 is 4.72 Å². The number of hydrogen-bond acceptors (Lipinski definition) is 3. The third-order valence-corrected chi connectivity index (χ3v) is 4.75. The Kier molecular flexibility index (Phi) is 4.76. The van der Waals surface area contributed by atoms with E-state index in [1.807, 2.05) is 0 Å². The third kappa shape index (κ3) is 3.57. The van der Waals surface area contributed by atoms with Crippen molar-refractivity contribution >= 4 is 10.0 Å². The largest absolute Gasteiger partial charge is 0.384 e. The second-order valence-electron chi connectivity index (χ2n) is 4.70. The molecule has 0 amide bonds. The summed E-state index contributed by atoms with van der Waals surface area (Å²) < 4.78 is 40.6. The minimum absolute atomic E-state index is 0.0584. The van der Waals surface area contributed by atoms with Crippen molar-refractivity contribution in [1.82, 2.24) is 4.72 Å². The van der Waals surface area contributed by atoms with Gasteiger partial charge in [0.05, 0.1) is 10.5 Å². The summed E-state index contributed by atoms with van der Waals surface area (Å²) in [6, 6.07) is 3.53. The molecule has 0 unspecified atom stereocenters. The molecule has 1 aromatic carbocycles. The number of benzene rings is 1. The standard InChI is InChI=1S/C14H16FNO3S/c15-14-10-13(8-7-11(14)4-3-9-17)20(18,19)16-12-5-1-2-6-12/h7-8,10,12,16-17H,1-2,5-6,9H2. The Morgan fingerprint density at radius 2 is 2.05 bits per heavy atom. The fourth-order valence-corrected chi connectivity index (χ4v) is 3.55. The number of rotatable bonds is 3. The lowest BCUT2D eigenvalue weighted by atomic mass is 10.2. The first-order valence-electron chi connectivity index (χ1n) is 6.44. The average molecular weight is 297 g/mol. The molecule has 0 aromatic heterocycles. The highest BCUT2D eigenvalue weighted by molar-refractivity contribution is 7.89. The Morgan fingerprint density at radius 3 is 2.65 bits per heavy atom. The van der Waals surface area contributed by atoms with Gasteiger partial charge in [0.1, 0.15) is 12.4 Å². The summed E-state index contributed by atoms with van der Waals surface area (Å²) in [5.74, 6) is 4.04. The Balaban J connectivity index is 2.21. The van der Waals surface area contributed by atoms with Crippen LogP contribution in [0.1, 0.15) is 31.2 Å². The smallest absolute Gasteiger partial charge is 0.240 e. The van der Waals surface area contributed by atoms with Gasteiger partial charge in [0, 0.05) is 6.04 Å². The van der Waals surface area contributed by atoms with Crippen molar-refractivity contribution in [1.29, 1.82) is 0 Å². The normalized spacial score (nSPS) is 15.9. The van der Waals surface area contributed by atoms with Crippen LogP contribution in [0.5, 0.6) is 0 Å². The molecule has 1 saturated carbocycles. The summed E-state index contributed by atoms with van der Waals surface area (Å²) >= 11 is 0. The van der Waals surface area contributed by atoms with E-state index in [0.717, 1.165) is 31.7 Å². The monoisotopic (exact) mass is 297 g/mol. The topological polar surface area (TPSA) is 66.4 Å². The molecule has 20 heavy (non-hydrogen) atoms. The Morgan fingerprint density at radius 1 is 1.35 bits per heavy atom. The van der Waals surface area contributed by atoms with Crippen LogP contribution in [0.4, 0.5) is 4.39 Å². The zero-order valence-electron chi connectivity index (χ0n) is 10.9. The van der Waals surface area contributed by atoms with E-state index >= 15 is 0 Å². The minimum Gasteiger partial charge on any atom is -0.384 e. The van der Waals surface area contributed by atoms with Crippen molar-refractivity contribution < 1.29 is 17.9 Å². The molecule has 0 heterocycles. The van der Waals surface area contributed by atoms with Gasteiger partial charge >= 0.3 is 0 Å². The van der Waals surface area contributed by atoms with Gasteiger partial charge in [-0.3, -0.25) is 0 Å². The van der Waals surface area contributed by atoms with E-state index < -0.39 is 15.8 Å². The van der Waals surface area contributed by atoms with E-state index in [-0.39, 0.29) is 23.1 Å². The molecule has 1 aliphatic rings. The van der Waals surface area contributed by atoms with Gasteiger partial charge in [-0.15, -0.1) is 0 Å². The SMILES string of the molecule is O=S(=O)(NC1CCCC1)c1ccc(C#CCO)c(F)c1. The van der Waals surface area contributed by atoms with E-state index in [4.69, 9.17) is 5.11 Å². The highest BCUT2D eigenvalue weighted by atomic mass is 32.2. The molecule has 0 saturated heterocycles. The van der Waals surface area contributed by atoms with Crippen LogP contribution in [0.15, 0.2) is 23.1 Å². The summed E-state index contributed by atoms with van der Waals surface area (Å²) in [4.78, 5) is -0.101. The zero-order valence-corrected chi connectivity index (χ0v) is 11.7. The molecule has 0 bridgehead atoms. The average Bonchev–Trinajstić information content (AvgIpc) is 2.89. The first kappa shape index (κ1) is 15.0. The molecule has 0 aliphatic heterocycles. The van der Waals surface area contributed by atoms with Gasteiger partial charge in [-0.05, 0) is 31.0 Å². The number of aliphatic hydroxyl groups excluding tert-OH is 1. The second-order valence-corrected chi connectivity index (χ2v) is 6.42. The molecule has 1 aliphatic carbocycles. The summed E-state index contributed by atoms with van der Waals surface area (Å²) in [5, 5.41) is 8.56.